The van der Waals surface area contributed by atoms with E-state index in [1.54, 1.807) is 24.3 Å². The highest BCUT2D eigenvalue weighted by Gasteiger charge is 2.29. The molecular formula is C18H17Cl2NO4. The number of benzene rings is 1. The third-order valence-electron chi connectivity index (χ3n) is 4.05. The van der Waals surface area contributed by atoms with Gasteiger partial charge in [0.15, 0.2) is 6.61 Å². The summed E-state index contributed by atoms with van der Waals surface area (Å²) in [4.78, 5) is 23.8. The monoisotopic (exact) mass is 381 g/mol. The highest BCUT2D eigenvalue weighted by atomic mass is 35.5. The Kier molecular flexibility index (Phi) is 5.35. The number of furan rings is 1. The minimum absolute atomic E-state index is 0.00548. The fourth-order valence-corrected chi connectivity index (χ4v) is 2.87. The predicted molar refractivity (Wildman–Crippen MR) is 94.8 cm³/mol. The molecule has 0 radical (unpaired) electrons. The smallest absolute Gasteiger partial charge is 0.374 e. The van der Waals surface area contributed by atoms with E-state index in [0.717, 1.165) is 12.8 Å². The van der Waals surface area contributed by atoms with Crippen LogP contribution in [0.4, 0.5) is 0 Å². The van der Waals surface area contributed by atoms with Crippen molar-refractivity contribution in [1.29, 1.82) is 0 Å². The fourth-order valence-electron chi connectivity index (χ4n) is 2.49. The molecule has 1 aromatic heterocycles. The fraction of sp³-hybridized carbons (Fsp3) is 0.333. The van der Waals surface area contributed by atoms with Crippen LogP contribution in [0.25, 0.3) is 11.3 Å². The van der Waals surface area contributed by atoms with E-state index >= 15 is 0 Å². The SMILES string of the molecule is C[C@@H](NC(=O)COC(=O)c1ccc(-c2cc(Cl)ccc2Cl)o1)C1CC1. The Morgan fingerprint density at radius 2 is 2.04 bits per heavy atom. The number of nitrogens with one attached hydrogen (secondary N) is 1. The molecule has 1 N–H and O–H groups in total. The number of hydrogen-bond acceptors (Lipinski definition) is 4. The van der Waals surface area contributed by atoms with Crippen LogP contribution < -0.4 is 5.32 Å². The van der Waals surface area contributed by atoms with Gasteiger partial charge in [0.2, 0.25) is 5.76 Å². The highest BCUT2D eigenvalue weighted by molar-refractivity contribution is 6.35. The van der Waals surface area contributed by atoms with Crippen LogP contribution in [0.15, 0.2) is 34.7 Å². The zero-order chi connectivity index (χ0) is 18.0. The lowest BCUT2D eigenvalue weighted by Crippen LogP contribution is -2.37. The topological polar surface area (TPSA) is 68.5 Å². The lowest BCUT2D eigenvalue weighted by atomic mass is 10.2. The molecule has 0 bridgehead atoms. The Balaban J connectivity index is 1.58. The number of amides is 1. The Hall–Kier alpha value is -1.98. The second-order valence-electron chi connectivity index (χ2n) is 6.06. The van der Waals surface area contributed by atoms with E-state index in [2.05, 4.69) is 5.32 Å². The molecule has 3 rings (SSSR count). The van der Waals surface area contributed by atoms with Gasteiger partial charge < -0.3 is 14.5 Å². The van der Waals surface area contributed by atoms with Crippen LogP contribution in [0.5, 0.6) is 0 Å². The minimum atomic E-state index is -0.710. The van der Waals surface area contributed by atoms with Gasteiger partial charge in [0.25, 0.3) is 5.91 Å². The molecule has 1 atom stereocenters. The highest BCUT2D eigenvalue weighted by Crippen LogP contribution is 2.33. The number of halogens is 2. The molecule has 7 heteroatoms. The van der Waals surface area contributed by atoms with E-state index in [1.807, 2.05) is 6.92 Å². The quantitative estimate of drug-likeness (QED) is 0.756. The molecule has 132 valence electrons. The zero-order valence-corrected chi connectivity index (χ0v) is 15.1. The molecule has 1 aliphatic carbocycles. The van der Waals surface area contributed by atoms with Crippen molar-refractivity contribution >= 4 is 35.1 Å². The Labute approximate surface area is 155 Å². The third kappa shape index (κ3) is 4.55. The maximum atomic E-state index is 12.0. The van der Waals surface area contributed by atoms with Gasteiger partial charge in [-0.25, -0.2) is 4.79 Å². The standard InChI is InChI=1S/C18H17Cl2NO4/c1-10(11-2-3-11)21-17(22)9-24-18(23)16-7-6-15(25-16)13-8-12(19)4-5-14(13)20/h4-8,10-11H,2-3,9H2,1H3,(H,21,22)/t10-/m1/s1. The van der Waals surface area contributed by atoms with Crippen molar-refractivity contribution in [1.82, 2.24) is 5.32 Å². The van der Waals surface area contributed by atoms with E-state index in [1.165, 1.54) is 6.07 Å². The lowest BCUT2D eigenvalue weighted by Gasteiger charge is -2.12. The third-order valence-corrected chi connectivity index (χ3v) is 4.62. The van der Waals surface area contributed by atoms with Crippen molar-refractivity contribution in [3.63, 3.8) is 0 Å². The van der Waals surface area contributed by atoms with Crippen LogP contribution in [0.3, 0.4) is 0 Å². The van der Waals surface area contributed by atoms with Crippen LogP contribution >= 0.6 is 23.2 Å². The summed E-state index contributed by atoms with van der Waals surface area (Å²) in [5.74, 6) is -0.105. The molecule has 0 spiro atoms. The first-order valence-corrected chi connectivity index (χ1v) is 8.71. The zero-order valence-electron chi connectivity index (χ0n) is 13.6. The largest absolute Gasteiger partial charge is 0.450 e. The number of esters is 1. The normalized spacial score (nSPS) is 14.8. The van der Waals surface area contributed by atoms with Gasteiger partial charge in [-0.15, -0.1) is 0 Å². The predicted octanol–water partition coefficient (Wildman–Crippen LogP) is 4.32. The molecule has 25 heavy (non-hydrogen) atoms. The molecule has 2 aromatic rings. The molecule has 1 aliphatic rings. The Morgan fingerprint density at radius 3 is 2.76 bits per heavy atom. The van der Waals surface area contributed by atoms with Crippen molar-refractivity contribution in [2.75, 3.05) is 6.61 Å². The van der Waals surface area contributed by atoms with Crippen LogP contribution in [0, 0.1) is 5.92 Å². The van der Waals surface area contributed by atoms with Crippen molar-refractivity contribution in [2.45, 2.75) is 25.8 Å². The van der Waals surface area contributed by atoms with Crippen molar-refractivity contribution in [2.24, 2.45) is 5.92 Å². The van der Waals surface area contributed by atoms with E-state index in [4.69, 9.17) is 32.4 Å². The van der Waals surface area contributed by atoms with E-state index < -0.39 is 5.97 Å². The van der Waals surface area contributed by atoms with Gasteiger partial charge in [-0.1, -0.05) is 23.2 Å². The van der Waals surface area contributed by atoms with Gasteiger partial charge in [0.1, 0.15) is 5.76 Å². The summed E-state index contributed by atoms with van der Waals surface area (Å²) in [6.07, 6.45) is 2.25. The summed E-state index contributed by atoms with van der Waals surface area (Å²) in [5, 5.41) is 3.77. The summed E-state index contributed by atoms with van der Waals surface area (Å²) < 4.78 is 10.5. The summed E-state index contributed by atoms with van der Waals surface area (Å²) in [6, 6.07) is 8.12. The van der Waals surface area contributed by atoms with Crippen molar-refractivity contribution < 1.29 is 18.7 Å². The van der Waals surface area contributed by atoms with E-state index in [-0.39, 0.29) is 24.3 Å². The first kappa shape index (κ1) is 17.8. The van der Waals surface area contributed by atoms with Crippen molar-refractivity contribution in [3.05, 3.63) is 46.1 Å². The Bertz CT molecular complexity index is 798. The molecule has 0 saturated heterocycles. The average molecular weight is 382 g/mol. The van der Waals surface area contributed by atoms with E-state index in [0.29, 0.717) is 27.3 Å². The van der Waals surface area contributed by atoms with Crippen LogP contribution in [0.1, 0.15) is 30.3 Å². The number of ether oxygens (including phenoxy) is 1. The average Bonchev–Trinajstić information content (AvgIpc) is 3.32. The van der Waals surface area contributed by atoms with Gasteiger partial charge in [0, 0.05) is 16.6 Å². The number of hydrogen-bond donors (Lipinski definition) is 1. The molecule has 5 nitrogen and oxygen atoms in total. The molecule has 0 unspecified atom stereocenters. The summed E-state index contributed by atoms with van der Waals surface area (Å²) in [7, 11) is 0. The molecular weight excluding hydrogens is 365 g/mol. The molecule has 1 amide bonds. The second kappa shape index (κ2) is 7.50. The molecule has 1 fully saturated rings. The number of rotatable bonds is 6. The maximum Gasteiger partial charge on any atom is 0.374 e. The number of carbonyl (C=O) groups excluding carboxylic acids is 2. The Morgan fingerprint density at radius 1 is 1.28 bits per heavy atom. The minimum Gasteiger partial charge on any atom is -0.450 e. The van der Waals surface area contributed by atoms with Gasteiger partial charge in [-0.3, -0.25) is 4.79 Å². The van der Waals surface area contributed by atoms with Crippen LogP contribution in [-0.4, -0.2) is 24.5 Å². The van der Waals surface area contributed by atoms with E-state index in [9.17, 15) is 9.59 Å². The van der Waals surface area contributed by atoms with Gasteiger partial charge >= 0.3 is 5.97 Å². The molecule has 1 saturated carbocycles. The maximum absolute atomic E-state index is 12.0. The van der Waals surface area contributed by atoms with Crippen LogP contribution in [-0.2, 0) is 9.53 Å². The van der Waals surface area contributed by atoms with Gasteiger partial charge in [-0.2, -0.15) is 0 Å². The lowest BCUT2D eigenvalue weighted by molar-refractivity contribution is -0.125. The summed E-state index contributed by atoms with van der Waals surface area (Å²) in [6.45, 7) is 1.61. The summed E-state index contributed by atoms with van der Waals surface area (Å²) in [5.41, 5.74) is 0.573. The first-order valence-electron chi connectivity index (χ1n) is 7.96. The number of carbonyl (C=O) groups is 2. The first-order chi connectivity index (χ1) is 11.9. The van der Waals surface area contributed by atoms with Gasteiger partial charge in [-0.05, 0) is 56.0 Å². The van der Waals surface area contributed by atoms with Crippen molar-refractivity contribution in [3.8, 4) is 11.3 Å². The van der Waals surface area contributed by atoms with Gasteiger partial charge in [0.05, 0.1) is 5.02 Å². The molecule has 1 aromatic carbocycles. The molecule has 0 aliphatic heterocycles. The second-order valence-corrected chi connectivity index (χ2v) is 6.90. The summed E-state index contributed by atoms with van der Waals surface area (Å²) >= 11 is 12.1. The van der Waals surface area contributed by atoms with Crippen LogP contribution in [0.2, 0.25) is 10.0 Å². The molecule has 1 heterocycles.